The normalized spacial score (nSPS) is 14.6. The summed E-state index contributed by atoms with van der Waals surface area (Å²) in [6.07, 6.45) is 2.27. The Bertz CT molecular complexity index is 939. The molecular weight excluding hydrogens is 398 g/mol. The second-order valence-corrected chi connectivity index (χ2v) is 7.84. The number of hydrogen-bond acceptors (Lipinski definition) is 5. The predicted octanol–water partition coefficient (Wildman–Crippen LogP) is 1.14. The number of quaternary nitrogens is 1. The lowest BCUT2D eigenvalue weighted by molar-refractivity contribution is -0.918. The summed E-state index contributed by atoms with van der Waals surface area (Å²) in [4.78, 5) is 38.6. The minimum atomic E-state index is -0.924. The first kappa shape index (κ1) is 22.2. The third-order valence-electron chi connectivity index (χ3n) is 5.57. The van der Waals surface area contributed by atoms with Gasteiger partial charge in [0.2, 0.25) is 0 Å². The average molecular weight is 426 g/mol. The van der Waals surface area contributed by atoms with Gasteiger partial charge in [-0.3, -0.25) is 19.7 Å². The molecule has 0 saturated carbocycles. The molecule has 1 saturated heterocycles. The van der Waals surface area contributed by atoms with Gasteiger partial charge in [-0.15, -0.1) is 0 Å². The van der Waals surface area contributed by atoms with E-state index in [0.717, 1.165) is 37.2 Å². The molecule has 0 radical (unpaired) electrons. The third kappa shape index (κ3) is 5.58. The largest absolute Gasteiger partial charge is 0.378 e. The molecule has 0 unspecified atom stereocenters. The van der Waals surface area contributed by atoms with Crippen molar-refractivity contribution in [1.29, 1.82) is 0 Å². The van der Waals surface area contributed by atoms with Crippen LogP contribution in [0, 0.1) is 10.1 Å². The lowest BCUT2D eigenvalue weighted by Gasteiger charge is -2.25. The molecule has 9 nitrogen and oxygen atoms in total. The fourth-order valence-corrected chi connectivity index (χ4v) is 3.87. The van der Waals surface area contributed by atoms with E-state index >= 15 is 0 Å². The van der Waals surface area contributed by atoms with Crippen molar-refractivity contribution in [2.75, 3.05) is 43.9 Å². The molecule has 1 aliphatic heterocycles. The Labute approximate surface area is 181 Å². The summed E-state index contributed by atoms with van der Waals surface area (Å²) in [6, 6.07) is 14.0. The molecule has 0 aliphatic carbocycles. The van der Waals surface area contributed by atoms with Crippen LogP contribution in [-0.4, -0.2) is 50.5 Å². The molecule has 0 bridgehead atoms. The second kappa shape index (κ2) is 10.0. The summed E-state index contributed by atoms with van der Waals surface area (Å²) in [5.41, 5.74) is 1.92. The summed E-state index contributed by atoms with van der Waals surface area (Å²) in [6.45, 7) is 2.33. The van der Waals surface area contributed by atoms with E-state index in [9.17, 15) is 19.7 Å². The van der Waals surface area contributed by atoms with Crippen molar-refractivity contribution in [2.24, 2.45) is 0 Å². The van der Waals surface area contributed by atoms with Crippen molar-refractivity contribution in [1.82, 2.24) is 5.32 Å². The number of nitrogens with one attached hydrogen (secondary N) is 3. The van der Waals surface area contributed by atoms with Crippen molar-refractivity contribution < 1.29 is 19.4 Å². The van der Waals surface area contributed by atoms with Crippen LogP contribution in [0.5, 0.6) is 0 Å². The Morgan fingerprint density at radius 2 is 1.71 bits per heavy atom. The molecule has 3 N–H and O–H groups in total. The van der Waals surface area contributed by atoms with Gasteiger partial charge in [-0.25, -0.2) is 0 Å². The van der Waals surface area contributed by atoms with Crippen LogP contribution in [0.25, 0.3) is 0 Å². The number of carbonyl (C=O) groups is 2. The third-order valence-corrected chi connectivity index (χ3v) is 5.57. The first-order valence-electron chi connectivity index (χ1n) is 10.3. The number of para-hydroxylation sites is 2. The van der Waals surface area contributed by atoms with Gasteiger partial charge in [-0.05, 0) is 18.2 Å². The Balaban J connectivity index is 1.67. The van der Waals surface area contributed by atoms with Crippen LogP contribution in [0.3, 0.4) is 0 Å². The van der Waals surface area contributed by atoms with Gasteiger partial charge in [0.1, 0.15) is 11.7 Å². The highest BCUT2D eigenvalue weighted by Crippen LogP contribution is 2.23. The number of anilines is 2. The standard InChI is InChI=1S/C22H27N5O4/c1-25(2)17-11-9-16(10-12-17)20(26-13-5-6-14-26)15-23-21(28)22(29)24-18-7-3-4-8-19(18)27(30)31/h3-4,7-12,20H,5-6,13-15H2,1-2H3,(H,23,28)(H,24,29)/p+1/t20-/m1/s1. The van der Waals surface area contributed by atoms with Crippen molar-refractivity contribution in [3.8, 4) is 0 Å². The van der Waals surface area contributed by atoms with Crippen LogP contribution in [0.4, 0.5) is 17.1 Å². The van der Waals surface area contributed by atoms with Crippen molar-refractivity contribution in [3.05, 3.63) is 64.2 Å². The molecule has 0 aromatic heterocycles. The fourth-order valence-electron chi connectivity index (χ4n) is 3.87. The maximum atomic E-state index is 12.4. The molecule has 0 spiro atoms. The van der Waals surface area contributed by atoms with E-state index in [-0.39, 0.29) is 17.4 Å². The molecule has 1 heterocycles. The van der Waals surface area contributed by atoms with E-state index in [1.54, 1.807) is 6.07 Å². The number of benzene rings is 2. The predicted molar refractivity (Wildman–Crippen MR) is 118 cm³/mol. The van der Waals surface area contributed by atoms with Gasteiger partial charge < -0.3 is 20.4 Å². The summed E-state index contributed by atoms with van der Waals surface area (Å²) >= 11 is 0. The Kier molecular flexibility index (Phi) is 7.19. The molecule has 31 heavy (non-hydrogen) atoms. The highest BCUT2D eigenvalue weighted by atomic mass is 16.6. The molecule has 2 aromatic carbocycles. The number of nitrogens with zero attached hydrogens (tertiary/aromatic N) is 2. The van der Waals surface area contributed by atoms with Crippen LogP contribution in [-0.2, 0) is 9.59 Å². The van der Waals surface area contributed by atoms with Crippen molar-refractivity contribution in [2.45, 2.75) is 18.9 Å². The van der Waals surface area contributed by atoms with Gasteiger partial charge in [-0.2, -0.15) is 0 Å². The number of rotatable bonds is 7. The van der Waals surface area contributed by atoms with Crippen molar-refractivity contribution in [3.63, 3.8) is 0 Å². The van der Waals surface area contributed by atoms with Gasteiger partial charge in [-0.1, -0.05) is 24.3 Å². The Hall–Kier alpha value is -3.46. The molecule has 1 atom stereocenters. The van der Waals surface area contributed by atoms with E-state index in [0.29, 0.717) is 6.54 Å². The van der Waals surface area contributed by atoms with E-state index in [1.165, 1.54) is 23.1 Å². The molecule has 3 rings (SSSR count). The summed E-state index contributed by atoms with van der Waals surface area (Å²) in [5, 5.41) is 16.2. The SMILES string of the molecule is CN(C)c1ccc([C@@H](CNC(=O)C(=O)Nc2ccccc2[N+](=O)[O-])[NH+]2CCCC2)cc1. The molecule has 2 amide bonds. The summed E-state index contributed by atoms with van der Waals surface area (Å²) in [5.74, 6) is -1.74. The van der Waals surface area contributed by atoms with Crippen LogP contribution in [0.1, 0.15) is 24.4 Å². The van der Waals surface area contributed by atoms with Crippen LogP contribution in [0.2, 0.25) is 0 Å². The van der Waals surface area contributed by atoms with E-state index in [2.05, 4.69) is 22.8 Å². The zero-order chi connectivity index (χ0) is 22.4. The summed E-state index contributed by atoms with van der Waals surface area (Å²) < 4.78 is 0. The van der Waals surface area contributed by atoms with Crippen molar-refractivity contribution >= 4 is 28.9 Å². The van der Waals surface area contributed by atoms with Gasteiger partial charge in [0.15, 0.2) is 0 Å². The number of carbonyl (C=O) groups excluding carboxylic acids is 2. The van der Waals surface area contributed by atoms with Gasteiger partial charge in [0.05, 0.1) is 24.6 Å². The quantitative estimate of drug-likeness (QED) is 0.349. The number of hydrogen-bond donors (Lipinski definition) is 3. The maximum absolute atomic E-state index is 12.4. The first-order valence-corrected chi connectivity index (χ1v) is 10.3. The molecule has 1 fully saturated rings. The monoisotopic (exact) mass is 426 g/mol. The van der Waals surface area contributed by atoms with Gasteiger partial charge in [0.25, 0.3) is 5.69 Å². The number of nitro benzene ring substituents is 1. The van der Waals surface area contributed by atoms with E-state index in [4.69, 9.17) is 0 Å². The lowest BCUT2D eigenvalue weighted by atomic mass is 10.0. The first-order chi connectivity index (χ1) is 14.9. The number of likely N-dealkylation sites (tertiary alicyclic amines) is 1. The number of amides is 2. The number of nitro groups is 1. The zero-order valence-electron chi connectivity index (χ0n) is 17.8. The molecular formula is C22H28N5O4+. The summed E-state index contributed by atoms with van der Waals surface area (Å²) in [7, 11) is 3.96. The molecule has 1 aliphatic rings. The smallest absolute Gasteiger partial charge is 0.313 e. The molecule has 164 valence electrons. The van der Waals surface area contributed by atoms with Gasteiger partial charge >= 0.3 is 11.8 Å². The van der Waals surface area contributed by atoms with Gasteiger partial charge in [0, 0.05) is 44.3 Å². The minimum absolute atomic E-state index is 0.00589. The minimum Gasteiger partial charge on any atom is -0.378 e. The average Bonchev–Trinajstić information content (AvgIpc) is 3.29. The second-order valence-electron chi connectivity index (χ2n) is 7.84. The lowest BCUT2D eigenvalue weighted by Crippen LogP contribution is -3.11. The Morgan fingerprint density at radius 1 is 1.06 bits per heavy atom. The van der Waals surface area contributed by atoms with Crippen LogP contribution >= 0.6 is 0 Å². The van der Waals surface area contributed by atoms with Crippen LogP contribution < -0.4 is 20.4 Å². The van der Waals surface area contributed by atoms with Crippen LogP contribution in [0.15, 0.2) is 48.5 Å². The molecule has 2 aromatic rings. The van der Waals surface area contributed by atoms with E-state index < -0.39 is 16.7 Å². The highest BCUT2D eigenvalue weighted by Gasteiger charge is 2.29. The molecule has 9 heteroatoms. The maximum Gasteiger partial charge on any atom is 0.313 e. The zero-order valence-corrected chi connectivity index (χ0v) is 17.8. The topological polar surface area (TPSA) is 109 Å². The van der Waals surface area contributed by atoms with E-state index in [1.807, 2.05) is 31.1 Å². The fraction of sp³-hybridized carbons (Fsp3) is 0.364. The highest BCUT2D eigenvalue weighted by molar-refractivity contribution is 6.39. The Morgan fingerprint density at radius 3 is 2.32 bits per heavy atom.